The van der Waals surface area contributed by atoms with Gasteiger partial charge in [-0.05, 0) is 62.4 Å². The highest BCUT2D eigenvalue weighted by molar-refractivity contribution is 5.84. The lowest BCUT2D eigenvalue weighted by atomic mass is 9.95. The number of hydrogen-bond acceptors (Lipinski definition) is 5. The summed E-state index contributed by atoms with van der Waals surface area (Å²) in [6.07, 6.45) is 6.44. The Morgan fingerprint density at radius 1 is 1.21 bits per heavy atom. The highest BCUT2D eigenvalue weighted by atomic mass is 16.5. The van der Waals surface area contributed by atoms with E-state index in [4.69, 9.17) is 14.6 Å². The van der Waals surface area contributed by atoms with Gasteiger partial charge in [-0.15, -0.1) is 0 Å². The van der Waals surface area contributed by atoms with Crippen LogP contribution in [0.25, 0.3) is 16.6 Å². The smallest absolute Gasteiger partial charge is 0.305 e. The van der Waals surface area contributed by atoms with Crippen LogP contribution >= 0.6 is 0 Å². The van der Waals surface area contributed by atoms with E-state index >= 15 is 0 Å². The zero-order valence-corrected chi connectivity index (χ0v) is 17.7. The van der Waals surface area contributed by atoms with Crippen LogP contribution in [-0.4, -0.2) is 34.3 Å². The van der Waals surface area contributed by atoms with E-state index in [0.717, 1.165) is 52.0 Å². The first-order valence-corrected chi connectivity index (χ1v) is 10.2. The van der Waals surface area contributed by atoms with Crippen LogP contribution < -0.4 is 0 Å². The van der Waals surface area contributed by atoms with Crippen molar-refractivity contribution in [1.82, 2.24) is 14.6 Å². The predicted octanol–water partition coefficient (Wildman–Crippen LogP) is 4.30. The molecule has 154 valence electrons. The fraction of sp³-hybridized carbons (Fsp3) is 0.435. The molecule has 0 aliphatic heterocycles. The Morgan fingerprint density at radius 3 is 2.72 bits per heavy atom. The SMILES string of the molecule is CCOC(=O)CCCc1c(COC)nn2c(CC)ccc2c1-c1cncc(C)c1. The normalized spacial score (nSPS) is 11.2. The lowest BCUT2D eigenvalue weighted by Gasteiger charge is -2.17. The number of ether oxygens (including phenoxy) is 2. The number of carbonyl (C=O) groups excluding carboxylic acids is 1. The van der Waals surface area contributed by atoms with E-state index in [-0.39, 0.29) is 5.97 Å². The van der Waals surface area contributed by atoms with Gasteiger partial charge in [0.1, 0.15) is 0 Å². The summed E-state index contributed by atoms with van der Waals surface area (Å²) in [5, 5.41) is 4.89. The van der Waals surface area contributed by atoms with Crippen LogP contribution in [0.2, 0.25) is 0 Å². The number of esters is 1. The maximum Gasteiger partial charge on any atom is 0.305 e. The summed E-state index contributed by atoms with van der Waals surface area (Å²) in [5.74, 6) is -0.162. The molecule has 0 fully saturated rings. The van der Waals surface area contributed by atoms with Gasteiger partial charge in [0.25, 0.3) is 0 Å². The summed E-state index contributed by atoms with van der Waals surface area (Å²) < 4.78 is 12.6. The summed E-state index contributed by atoms with van der Waals surface area (Å²) in [6.45, 7) is 6.82. The zero-order chi connectivity index (χ0) is 20.8. The summed E-state index contributed by atoms with van der Waals surface area (Å²) in [4.78, 5) is 16.2. The van der Waals surface area contributed by atoms with Crippen molar-refractivity contribution >= 4 is 11.5 Å². The standard InChI is InChI=1S/C23H29N3O3/c1-5-18-10-11-21-23(17-12-16(3)13-24-14-17)19(8-7-9-22(27)29-6-2)20(15-28-4)25-26(18)21/h10-14H,5-9,15H2,1-4H3. The topological polar surface area (TPSA) is 65.7 Å². The highest BCUT2D eigenvalue weighted by Gasteiger charge is 2.19. The molecule has 3 rings (SSSR count). The number of pyridine rings is 1. The second-order valence-electron chi connectivity index (χ2n) is 7.12. The first kappa shape index (κ1) is 21.0. The van der Waals surface area contributed by atoms with E-state index in [1.54, 1.807) is 7.11 Å². The third-order valence-electron chi connectivity index (χ3n) is 4.98. The van der Waals surface area contributed by atoms with Crippen molar-refractivity contribution in [2.24, 2.45) is 0 Å². The average molecular weight is 396 g/mol. The molecule has 3 heterocycles. The van der Waals surface area contributed by atoms with Gasteiger partial charge >= 0.3 is 5.97 Å². The molecule has 0 unspecified atom stereocenters. The van der Waals surface area contributed by atoms with Crippen LogP contribution in [0.4, 0.5) is 0 Å². The van der Waals surface area contributed by atoms with Crippen molar-refractivity contribution in [1.29, 1.82) is 0 Å². The lowest BCUT2D eigenvalue weighted by Crippen LogP contribution is -2.11. The van der Waals surface area contributed by atoms with E-state index in [2.05, 4.69) is 30.1 Å². The van der Waals surface area contributed by atoms with E-state index in [1.165, 1.54) is 0 Å². The Balaban J connectivity index is 2.13. The minimum atomic E-state index is -0.162. The van der Waals surface area contributed by atoms with Crippen molar-refractivity contribution in [2.75, 3.05) is 13.7 Å². The third-order valence-corrected chi connectivity index (χ3v) is 4.98. The van der Waals surface area contributed by atoms with Crippen molar-refractivity contribution in [2.45, 2.75) is 53.1 Å². The van der Waals surface area contributed by atoms with Gasteiger partial charge in [0.2, 0.25) is 0 Å². The van der Waals surface area contributed by atoms with E-state index in [0.29, 0.717) is 26.1 Å². The highest BCUT2D eigenvalue weighted by Crippen LogP contribution is 2.33. The van der Waals surface area contributed by atoms with Gasteiger partial charge in [-0.1, -0.05) is 6.92 Å². The average Bonchev–Trinajstić information content (AvgIpc) is 3.11. The van der Waals surface area contributed by atoms with Gasteiger partial charge in [0.15, 0.2) is 0 Å². The van der Waals surface area contributed by atoms with Gasteiger partial charge in [-0.25, -0.2) is 4.52 Å². The van der Waals surface area contributed by atoms with Gasteiger partial charge in [-0.2, -0.15) is 5.10 Å². The molecule has 0 saturated carbocycles. The minimum absolute atomic E-state index is 0.162. The van der Waals surface area contributed by atoms with Crippen molar-refractivity contribution in [3.63, 3.8) is 0 Å². The number of aromatic nitrogens is 3. The molecule has 29 heavy (non-hydrogen) atoms. The minimum Gasteiger partial charge on any atom is -0.466 e. The number of methoxy groups -OCH3 is 1. The van der Waals surface area contributed by atoms with E-state index in [1.807, 2.05) is 30.8 Å². The molecular formula is C23H29N3O3. The molecule has 0 radical (unpaired) electrons. The molecule has 0 aliphatic carbocycles. The number of rotatable bonds is 9. The van der Waals surface area contributed by atoms with Crippen LogP contribution in [0.1, 0.15) is 49.2 Å². The van der Waals surface area contributed by atoms with Gasteiger partial charge in [0.05, 0.1) is 24.4 Å². The zero-order valence-electron chi connectivity index (χ0n) is 17.7. The molecule has 0 amide bonds. The predicted molar refractivity (Wildman–Crippen MR) is 113 cm³/mol. The van der Waals surface area contributed by atoms with Crippen LogP contribution in [-0.2, 0) is 33.7 Å². The second-order valence-corrected chi connectivity index (χ2v) is 7.12. The van der Waals surface area contributed by atoms with Crippen LogP contribution in [0.15, 0.2) is 30.6 Å². The Labute approximate surface area is 171 Å². The first-order chi connectivity index (χ1) is 14.1. The fourth-order valence-corrected chi connectivity index (χ4v) is 3.70. The summed E-state index contributed by atoms with van der Waals surface area (Å²) >= 11 is 0. The monoisotopic (exact) mass is 395 g/mol. The van der Waals surface area contributed by atoms with Crippen LogP contribution in [0.5, 0.6) is 0 Å². The molecule has 0 bridgehead atoms. The molecule has 3 aromatic heterocycles. The van der Waals surface area contributed by atoms with Crippen LogP contribution in [0.3, 0.4) is 0 Å². The molecule has 0 atom stereocenters. The number of hydrogen-bond donors (Lipinski definition) is 0. The van der Waals surface area contributed by atoms with Gasteiger partial charge in [0, 0.05) is 42.7 Å². The number of nitrogens with zero attached hydrogens (tertiary/aromatic N) is 3. The summed E-state index contributed by atoms with van der Waals surface area (Å²) in [5.41, 5.74) is 7.49. The molecule has 6 heteroatoms. The largest absolute Gasteiger partial charge is 0.466 e. The molecule has 3 aromatic rings. The Kier molecular flexibility index (Phi) is 6.99. The molecule has 0 aromatic carbocycles. The summed E-state index contributed by atoms with van der Waals surface area (Å²) in [7, 11) is 1.68. The third kappa shape index (κ3) is 4.65. The fourth-order valence-electron chi connectivity index (χ4n) is 3.70. The van der Waals surface area contributed by atoms with Crippen LogP contribution in [0, 0.1) is 6.92 Å². The molecule has 0 aliphatic rings. The second kappa shape index (κ2) is 9.65. The molecule has 0 N–H and O–H groups in total. The first-order valence-electron chi connectivity index (χ1n) is 10.2. The maximum atomic E-state index is 11.8. The van der Waals surface area contributed by atoms with Crippen molar-refractivity contribution in [3.05, 3.63) is 53.1 Å². The number of aryl methyl sites for hydroxylation is 2. The van der Waals surface area contributed by atoms with Gasteiger partial charge in [-0.3, -0.25) is 9.78 Å². The number of carbonyl (C=O) groups is 1. The Morgan fingerprint density at radius 2 is 2.03 bits per heavy atom. The van der Waals surface area contributed by atoms with E-state index < -0.39 is 0 Å². The quantitative estimate of drug-likeness (QED) is 0.506. The summed E-state index contributed by atoms with van der Waals surface area (Å²) in [6, 6.07) is 6.38. The Hall–Kier alpha value is -2.73. The lowest BCUT2D eigenvalue weighted by molar-refractivity contribution is -0.143. The Bertz CT molecular complexity index is 994. The molecule has 0 saturated heterocycles. The van der Waals surface area contributed by atoms with Crippen molar-refractivity contribution < 1.29 is 14.3 Å². The van der Waals surface area contributed by atoms with Crippen molar-refractivity contribution in [3.8, 4) is 11.1 Å². The van der Waals surface area contributed by atoms with Gasteiger partial charge < -0.3 is 9.47 Å². The molecule has 0 spiro atoms. The molecule has 6 nitrogen and oxygen atoms in total. The maximum absolute atomic E-state index is 11.8. The molecular weight excluding hydrogens is 366 g/mol. The number of fused-ring (bicyclic) bond motifs is 1. The van der Waals surface area contributed by atoms with E-state index in [9.17, 15) is 4.79 Å².